The SMILES string of the molecule is Nc1c(Cl)cc(F)cc1-c1ccccc1C(F)(F)F. The second kappa shape index (κ2) is 4.74. The molecule has 0 fully saturated rings. The fourth-order valence-corrected chi connectivity index (χ4v) is 1.98. The van der Waals surface area contributed by atoms with Gasteiger partial charge in [0, 0.05) is 5.56 Å². The van der Waals surface area contributed by atoms with Crippen LogP contribution in [0.3, 0.4) is 0 Å². The van der Waals surface area contributed by atoms with Gasteiger partial charge in [0.15, 0.2) is 0 Å². The molecule has 1 nitrogen and oxygen atoms in total. The highest BCUT2D eigenvalue weighted by Crippen LogP contribution is 2.40. The second-order valence-corrected chi connectivity index (χ2v) is 4.30. The van der Waals surface area contributed by atoms with Crippen LogP contribution in [-0.4, -0.2) is 0 Å². The number of anilines is 1. The van der Waals surface area contributed by atoms with E-state index in [-0.39, 0.29) is 21.8 Å². The number of alkyl halides is 3. The van der Waals surface area contributed by atoms with Crippen molar-refractivity contribution >= 4 is 17.3 Å². The van der Waals surface area contributed by atoms with E-state index in [1.807, 2.05) is 0 Å². The fourth-order valence-electron chi connectivity index (χ4n) is 1.77. The smallest absolute Gasteiger partial charge is 0.397 e. The molecule has 0 saturated carbocycles. The van der Waals surface area contributed by atoms with Crippen LogP contribution in [0.1, 0.15) is 5.56 Å². The molecule has 0 aromatic heterocycles. The van der Waals surface area contributed by atoms with Crippen LogP contribution < -0.4 is 5.73 Å². The summed E-state index contributed by atoms with van der Waals surface area (Å²) >= 11 is 5.69. The van der Waals surface area contributed by atoms with E-state index < -0.39 is 17.6 Å². The van der Waals surface area contributed by atoms with E-state index >= 15 is 0 Å². The lowest BCUT2D eigenvalue weighted by Gasteiger charge is -2.15. The van der Waals surface area contributed by atoms with E-state index in [9.17, 15) is 17.6 Å². The molecule has 0 spiro atoms. The molecule has 0 heterocycles. The molecule has 0 bridgehead atoms. The summed E-state index contributed by atoms with van der Waals surface area (Å²) in [5.74, 6) is -0.744. The van der Waals surface area contributed by atoms with Gasteiger partial charge in [0.1, 0.15) is 5.82 Å². The Morgan fingerprint density at radius 1 is 1.00 bits per heavy atom. The largest absolute Gasteiger partial charge is 0.417 e. The Balaban J connectivity index is 2.73. The van der Waals surface area contributed by atoms with Crippen LogP contribution in [0.4, 0.5) is 23.2 Å². The Labute approximate surface area is 111 Å². The maximum atomic E-state index is 13.3. The average molecular weight is 290 g/mol. The Bertz CT molecular complexity index is 623. The summed E-state index contributed by atoms with van der Waals surface area (Å²) in [6.45, 7) is 0. The lowest BCUT2D eigenvalue weighted by Crippen LogP contribution is -2.07. The number of nitrogen functional groups attached to an aromatic ring is 1. The molecule has 0 radical (unpaired) electrons. The van der Waals surface area contributed by atoms with Crippen molar-refractivity contribution in [2.24, 2.45) is 0 Å². The minimum atomic E-state index is -4.55. The van der Waals surface area contributed by atoms with Crippen molar-refractivity contribution in [2.75, 3.05) is 5.73 Å². The molecule has 0 unspecified atom stereocenters. The first-order valence-corrected chi connectivity index (χ1v) is 5.59. The molecule has 0 aliphatic rings. The maximum Gasteiger partial charge on any atom is 0.417 e. The third-order valence-corrected chi connectivity index (χ3v) is 2.93. The van der Waals surface area contributed by atoms with Crippen molar-refractivity contribution in [3.8, 4) is 11.1 Å². The van der Waals surface area contributed by atoms with Gasteiger partial charge in [0.05, 0.1) is 16.3 Å². The molecule has 0 atom stereocenters. The molecule has 100 valence electrons. The standard InChI is InChI=1S/C13H8ClF4N/c14-11-6-7(15)5-9(12(11)19)8-3-1-2-4-10(8)13(16,17)18/h1-6H,19H2. The minimum absolute atomic E-state index is 0.0714. The third kappa shape index (κ3) is 2.66. The molecular weight excluding hydrogens is 282 g/mol. The molecule has 2 N–H and O–H groups in total. The lowest BCUT2D eigenvalue weighted by atomic mass is 9.98. The third-order valence-electron chi connectivity index (χ3n) is 2.62. The van der Waals surface area contributed by atoms with E-state index in [1.165, 1.54) is 18.2 Å². The second-order valence-electron chi connectivity index (χ2n) is 3.89. The number of halogens is 5. The molecule has 19 heavy (non-hydrogen) atoms. The molecule has 2 aromatic rings. The maximum absolute atomic E-state index is 13.3. The number of hydrogen-bond acceptors (Lipinski definition) is 1. The van der Waals surface area contributed by atoms with Gasteiger partial charge in [-0.15, -0.1) is 0 Å². The Morgan fingerprint density at radius 3 is 2.26 bits per heavy atom. The quantitative estimate of drug-likeness (QED) is 0.595. The van der Waals surface area contributed by atoms with Gasteiger partial charge in [-0.1, -0.05) is 29.8 Å². The van der Waals surface area contributed by atoms with E-state index in [4.69, 9.17) is 17.3 Å². The van der Waals surface area contributed by atoms with Gasteiger partial charge in [0.25, 0.3) is 0 Å². The van der Waals surface area contributed by atoms with E-state index in [0.29, 0.717) is 0 Å². The van der Waals surface area contributed by atoms with Crippen LogP contribution in [0, 0.1) is 5.82 Å². The summed E-state index contributed by atoms with van der Waals surface area (Å²) in [6, 6.07) is 6.70. The molecule has 6 heteroatoms. The number of rotatable bonds is 1. The van der Waals surface area contributed by atoms with Crippen LogP contribution in [0.15, 0.2) is 36.4 Å². The zero-order valence-electron chi connectivity index (χ0n) is 9.43. The predicted octanol–water partition coefficient (Wildman–Crippen LogP) is 4.75. The molecule has 0 aliphatic carbocycles. The van der Waals surface area contributed by atoms with Crippen LogP contribution in [0.2, 0.25) is 5.02 Å². The Kier molecular flexibility index (Phi) is 3.41. The van der Waals surface area contributed by atoms with E-state index in [2.05, 4.69) is 0 Å². The first kappa shape index (κ1) is 13.7. The normalized spacial score (nSPS) is 11.6. The molecule has 2 aromatic carbocycles. The van der Waals surface area contributed by atoms with Gasteiger partial charge < -0.3 is 5.73 Å². The summed E-state index contributed by atoms with van der Waals surface area (Å²) in [5.41, 5.74) is 4.39. The van der Waals surface area contributed by atoms with Crippen molar-refractivity contribution in [1.82, 2.24) is 0 Å². The predicted molar refractivity (Wildman–Crippen MR) is 66.3 cm³/mol. The zero-order chi connectivity index (χ0) is 14.2. The first-order chi connectivity index (χ1) is 8.80. The lowest BCUT2D eigenvalue weighted by molar-refractivity contribution is -0.137. The summed E-state index contributed by atoms with van der Waals surface area (Å²) in [5, 5.41) is -0.119. The molecule has 0 amide bonds. The van der Waals surface area contributed by atoms with Crippen LogP contribution in [0.25, 0.3) is 11.1 Å². The van der Waals surface area contributed by atoms with Gasteiger partial charge >= 0.3 is 6.18 Å². The number of hydrogen-bond donors (Lipinski definition) is 1. The molecular formula is C13H8ClF4N. The van der Waals surface area contributed by atoms with Crippen LogP contribution in [0.5, 0.6) is 0 Å². The highest BCUT2D eigenvalue weighted by molar-refractivity contribution is 6.33. The van der Waals surface area contributed by atoms with E-state index in [1.54, 1.807) is 0 Å². The average Bonchev–Trinajstić information content (AvgIpc) is 2.33. The molecule has 0 saturated heterocycles. The summed E-state index contributed by atoms with van der Waals surface area (Å²) < 4.78 is 52.0. The molecule has 0 aliphatic heterocycles. The Hall–Kier alpha value is -1.75. The van der Waals surface area contributed by atoms with Gasteiger partial charge in [-0.05, 0) is 23.8 Å². The van der Waals surface area contributed by atoms with Crippen molar-refractivity contribution in [1.29, 1.82) is 0 Å². The highest BCUT2D eigenvalue weighted by Gasteiger charge is 2.33. The molecule has 2 rings (SSSR count). The van der Waals surface area contributed by atoms with Crippen molar-refractivity contribution in [3.05, 3.63) is 52.8 Å². The monoisotopic (exact) mass is 289 g/mol. The summed E-state index contributed by atoms with van der Waals surface area (Å²) in [7, 11) is 0. The Morgan fingerprint density at radius 2 is 1.63 bits per heavy atom. The van der Waals surface area contributed by atoms with Gasteiger partial charge in [-0.25, -0.2) is 4.39 Å². The van der Waals surface area contributed by atoms with Crippen molar-refractivity contribution in [3.63, 3.8) is 0 Å². The number of benzene rings is 2. The number of nitrogens with two attached hydrogens (primary N) is 1. The van der Waals surface area contributed by atoms with Crippen molar-refractivity contribution < 1.29 is 17.6 Å². The van der Waals surface area contributed by atoms with E-state index in [0.717, 1.165) is 18.2 Å². The van der Waals surface area contributed by atoms with Gasteiger partial charge in [-0.3, -0.25) is 0 Å². The van der Waals surface area contributed by atoms with Gasteiger partial charge in [0.2, 0.25) is 0 Å². The van der Waals surface area contributed by atoms with Gasteiger partial charge in [-0.2, -0.15) is 13.2 Å². The van der Waals surface area contributed by atoms with Crippen molar-refractivity contribution in [2.45, 2.75) is 6.18 Å². The zero-order valence-corrected chi connectivity index (χ0v) is 10.2. The fraction of sp³-hybridized carbons (Fsp3) is 0.0769. The van der Waals surface area contributed by atoms with Crippen LogP contribution >= 0.6 is 11.6 Å². The summed E-state index contributed by atoms with van der Waals surface area (Å²) in [4.78, 5) is 0. The first-order valence-electron chi connectivity index (χ1n) is 5.22. The van der Waals surface area contributed by atoms with Crippen LogP contribution in [-0.2, 0) is 6.18 Å². The summed E-state index contributed by atoms with van der Waals surface area (Å²) in [6.07, 6.45) is -4.55. The topological polar surface area (TPSA) is 26.0 Å². The minimum Gasteiger partial charge on any atom is -0.397 e. The highest BCUT2D eigenvalue weighted by atomic mass is 35.5.